The monoisotopic (exact) mass is 224 g/mol. The van der Waals surface area contributed by atoms with Gasteiger partial charge in [-0.25, -0.2) is 0 Å². The van der Waals surface area contributed by atoms with Crippen LogP contribution in [0.1, 0.15) is 25.0 Å². The molecule has 0 atom stereocenters. The third kappa shape index (κ3) is 2.30. The smallest absolute Gasteiger partial charge is 0.125 e. The van der Waals surface area contributed by atoms with Crippen LogP contribution in [0.25, 0.3) is 0 Å². The first-order valence-corrected chi connectivity index (χ1v) is 5.30. The van der Waals surface area contributed by atoms with Crippen molar-refractivity contribution >= 4 is 0 Å². The maximum atomic E-state index is 9.42. The SMILES string of the molecule is COc1cc(OC)c(C)c(C(C)(C)CO)c1. The van der Waals surface area contributed by atoms with Crippen LogP contribution in [0.5, 0.6) is 11.5 Å². The van der Waals surface area contributed by atoms with E-state index >= 15 is 0 Å². The maximum absolute atomic E-state index is 9.42. The molecule has 0 fully saturated rings. The van der Waals surface area contributed by atoms with Crippen molar-refractivity contribution in [1.82, 2.24) is 0 Å². The van der Waals surface area contributed by atoms with E-state index in [1.54, 1.807) is 14.2 Å². The van der Waals surface area contributed by atoms with Gasteiger partial charge in [-0.3, -0.25) is 0 Å². The number of aliphatic hydroxyl groups excluding tert-OH is 1. The van der Waals surface area contributed by atoms with Gasteiger partial charge >= 0.3 is 0 Å². The second-order valence-electron chi connectivity index (χ2n) is 4.54. The largest absolute Gasteiger partial charge is 0.497 e. The number of hydrogen-bond acceptors (Lipinski definition) is 3. The fourth-order valence-corrected chi connectivity index (χ4v) is 1.78. The fourth-order valence-electron chi connectivity index (χ4n) is 1.78. The molecule has 0 aliphatic carbocycles. The third-order valence-electron chi connectivity index (χ3n) is 2.91. The van der Waals surface area contributed by atoms with Crippen molar-refractivity contribution in [3.8, 4) is 11.5 Å². The highest BCUT2D eigenvalue weighted by Crippen LogP contribution is 2.35. The summed E-state index contributed by atoms with van der Waals surface area (Å²) in [6.07, 6.45) is 0. The van der Waals surface area contributed by atoms with Gasteiger partial charge in [0.05, 0.1) is 20.8 Å². The lowest BCUT2D eigenvalue weighted by atomic mass is 9.82. The second kappa shape index (κ2) is 4.74. The first-order chi connectivity index (χ1) is 7.46. The fraction of sp³-hybridized carbons (Fsp3) is 0.538. The Hall–Kier alpha value is -1.22. The first-order valence-electron chi connectivity index (χ1n) is 5.30. The normalized spacial score (nSPS) is 11.4. The standard InChI is InChI=1S/C13H20O3/c1-9-11(13(2,3)8-14)6-10(15-4)7-12(9)16-5/h6-7,14H,8H2,1-5H3. The van der Waals surface area contributed by atoms with E-state index in [4.69, 9.17) is 9.47 Å². The zero-order chi connectivity index (χ0) is 12.3. The Labute approximate surface area is 97.0 Å². The molecule has 1 aromatic rings. The number of aliphatic hydroxyl groups is 1. The van der Waals surface area contributed by atoms with Crippen LogP contribution in [0.15, 0.2) is 12.1 Å². The van der Waals surface area contributed by atoms with Crippen molar-refractivity contribution < 1.29 is 14.6 Å². The van der Waals surface area contributed by atoms with Gasteiger partial charge in [-0.15, -0.1) is 0 Å². The molecular weight excluding hydrogens is 204 g/mol. The molecule has 0 saturated heterocycles. The van der Waals surface area contributed by atoms with Gasteiger partial charge in [0.25, 0.3) is 0 Å². The number of hydrogen-bond donors (Lipinski definition) is 1. The van der Waals surface area contributed by atoms with Gasteiger partial charge in [0, 0.05) is 11.5 Å². The Morgan fingerprint density at radius 1 is 1.19 bits per heavy atom. The van der Waals surface area contributed by atoms with E-state index in [1.807, 2.05) is 32.9 Å². The summed E-state index contributed by atoms with van der Waals surface area (Å²) < 4.78 is 10.5. The van der Waals surface area contributed by atoms with E-state index in [1.165, 1.54) is 0 Å². The molecule has 0 bridgehead atoms. The zero-order valence-corrected chi connectivity index (χ0v) is 10.6. The van der Waals surface area contributed by atoms with E-state index < -0.39 is 0 Å². The van der Waals surface area contributed by atoms with Crippen molar-refractivity contribution in [1.29, 1.82) is 0 Å². The molecular formula is C13H20O3. The minimum absolute atomic E-state index is 0.0875. The van der Waals surface area contributed by atoms with Crippen molar-refractivity contribution in [2.75, 3.05) is 20.8 Å². The van der Waals surface area contributed by atoms with Crippen LogP contribution in [0.2, 0.25) is 0 Å². The minimum Gasteiger partial charge on any atom is -0.497 e. The molecule has 0 aliphatic heterocycles. The Kier molecular flexibility index (Phi) is 3.81. The van der Waals surface area contributed by atoms with E-state index in [2.05, 4.69) is 0 Å². The Morgan fingerprint density at radius 2 is 1.81 bits per heavy atom. The molecule has 1 aromatic carbocycles. The maximum Gasteiger partial charge on any atom is 0.125 e. The first kappa shape index (κ1) is 12.8. The molecule has 3 heteroatoms. The lowest BCUT2D eigenvalue weighted by Gasteiger charge is -2.26. The van der Waals surface area contributed by atoms with Crippen LogP contribution in [0.3, 0.4) is 0 Å². The van der Waals surface area contributed by atoms with E-state index in [9.17, 15) is 5.11 Å². The van der Waals surface area contributed by atoms with Crippen LogP contribution in [0, 0.1) is 6.92 Å². The van der Waals surface area contributed by atoms with E-state index in [0.29, 0.717) is 0 Å². The Morgan fingerprint density at radius 3 is 2.25 bits per heavy atom. The predicted molar refractivity (Wildman–Crippen MR) is 64.4 cm³/mol. The molecule has 0 saturated carbocycles. The van der Waals surface area contributed by atoms with Gasteiger partial charge in [-0.05, 0) is 24.1 Å². The van der Waals surface area contributed by atoms with Gasteiger partial charge in [0.15, 0.2) is 0 Å². The van der Waals surface area contributed by atoms with Gasteiger partial charge in [-0.1, -0.05) is 13.8 Å². The topological polar surface area (TPSA) is 38.7 Å². The quantitative estimate of drug-likeness (QED) is 0.852. The second-order valence-corrected chi connectivity index (χ2v) is 4.54. The highest BCUT2D eigenvalue weighted by atomic mass is 16.5. The lowest BCUT2D eigenvalue weighted by Crippen LogP contribution is -2.23. The summed E-state index contributed by atoms with van der Waals surface area (Å²) in [4.78, 5) is 0. The molecule has 0 aromatic heterocycles. The van der Waals surface area contributed by atoms with Crippen LogP contribution in [-0.2, 0) is 5.41 Å². The third-order valence-corrected chi connectivity index (χ3v) is 2.91. The summed E-state index contributed by atoms with van der Waals surface area (Å²) in [5.41, 5.74) is 1.79. The van der Waals surface area contributed by atoms with Crippen LogP contribution in [0.4, 0.5) is 0 Å². The zero-order valence-electron chi connectivity index (χ0n) is 10.6. The summed E-state index contributed by atoms with van der Waals surface area (Å²) >= 11 is 0. The molecule has 1 rings (SSSR count). The van der Waals surface area contributed by atoms with E-state index in [-0.39, 0.29) is 12.0 Å². The Balaban J connectivity index is 3.37. The summed E-state index contributed by atoms with van der Waals surface area (Å²) in [5, 5.41) is 9.42. The van der Waals surface area contributed by atoms with Gasteiger partial charge in [0.2, 0.25) is 0 Å². The van der Waals surface area contributed by atoms with Gasteiger partial charge < -0.3 is 14.6 Å². The molecule has 3 nitrogen and oxygen atoms in total. The average molecular weight is 224 g/mol. The predicted octanol–water partition coefficient (Wildman–Crippen LogP) is 2.28. The number of benzene rings is 1. The van der Waals surface area contributed by atoms with Crippen molar-refractivity contribution in [2.45, 2.75) is 26.2 Å². The summed E-state index contributed by atoms with van der Waals surface area (Å²) in [7, 11) is 3.26. The molecule has 0 aliphatic rings. The summed E-state index contributed by atoms with van der Waals surface area (Å²) in [5.74, 6) is 1.54. The molecule has 0 heterocycles. The number of methoxy groups -OCH3 is 2. The average Bonchev–Trinajstić information content (AvgIpc) is 2.29. The molecule has 90 valence electrons. The van der Waals surface area contributed by atoms with Crippen LogP contribution in [-0.4, -0.2) is 25.9 Å². The molecule has 0 amide bonds. The molecule has 0 radical (unpaired) electrons. The molecule has 0 unspecified atom stereocenters. The summed E-state index contributed by atoms with van der Waals surface area (Å²) in [6, 6.07) is 3.81. The van der Waals surface area contributed by atoms with Gasteiger partial charge in [0.1, 0.15) is 11.5 Å². The number of rotatable bonds is 4. The highest BCUT2D eigenvalue weighted by molar-refractivity contribution is 5.48. The minimum atomic E-state index is -0.300. The van der Waals surface area contributed by atoms with Crippen molar-refractivity contribution in [2.24, 2.45) is 0 Å². The highest BCUT2D eigenvalue weighted by Gasteiger charge is 2.24. The molecule has 1 N–H and O–H groups in total. The summed E-state index contributed by atoms with van der Waals surface area (Å²) in [6.45, 7) is 6.07. The molecule has 0 spiro atoms. The van der Waals surface area contributed by atoms with E-state index in [0.717, 1.165) is 22.6 Å². The Bertz CT molecular complexity index is 370. The van der Waals surface area contributed by atoms with Gasteiger partial charge in [-0.2, -0.15) is 0 Å². The number of ether oxygens (including phenoxy) is 2. The lowest BCUT2D eigenvalue weighted by molar-refractivity contribution is 0.217. The van der Waals surface area contributed by atoms with Crippen LogP contribution >= 0.6 is 0 Å². The van der Waals surface area contributed by atoms with Crippen molar-refractivity contribution in [3.05, 3.63) is 23.3 Å². The van der Waals surface area contributed by atoms with Crippen LogP contribution < -0.4 is 9.47 Å². The van der Waals surface area contributed by atoms with Crippen molar-refractivity contribution in [3.63, 3.8) is 0 Å². The molecule has 16 heavy (non-hydrogen) atoms.